The molecule has 1 aliphatic rings. The number of nitrogens with one attached hydrogen (secondary N) is 1. The Morgan fingerprint density at radius 2 is 2.12 bits per heavy atom. The van der Waals surface area contributed by atoms with Crippen LogP contribution in [-0.4, -0.2) is 35.3 Å². The van der Waals surface area contributed by atoms with Gasteiger partial charge in [0.2, 0.25) is 0 Å². The van der Waals surface area contributed by atoms with E-state index in [1.807, 2.05) is 36.4 Å². The standard InChI is InChI=1S/C10H14IN3O2/c1-6-3-14(4-7(2)16-6)9-8(11)10(15)13-5-12-9/h5-7H,3-4H2,1-2H3,(H,12,13,15). The van der Waals surface area contributed by atoms with Crippen LogP contribution in [-0.2, 0) is 4.74 Å². The molecule has 6 heteroatoms. The third kappa shape index (κ3) is 2.37. The Labute approximate surface area is 107 Å². The minimum Gasteiger partial charge on any atom is -0.372 e. The fourth-order valence-corrected chi connectivity index (χ4v) is 2.58. The fourth-order valence-electron chi connectivity index (χ4n) is 1.94. The highest BCUT2D eigenvalue weighted by Crippen LogP contribution is 2.20. The Balaban J connectivity index is 2.30. The van der Waals surface area contributed by atoms with Crippen LogP contribution in [0.4, 0.5) is 5.82 Å². The van der Waals surface area contributed by atoms with Gasteiger partial charge in [-0.25, -0.2) is 4.98 Å². The van der Waals surface area contributed by atoms with E-state index in [9.17, 15) is 4.79 Å². The van der Waals surface area contributed by atoms with Crippen molar-refractivity contribution in [3.63, 3.8) is 0 Å². The molecule has 88 valence electrons. The molecule has 0 radical (unpaired) electrons. The van der Waals surface area contributed by atoms with Gasteiger partial charge in [0.05, 0.1) is 18.5 Å². The highest BCUT2D eigenvalue weighted by molar-refractivity contribution is 14.1. The van der Waals surface area contributed by atoms with Crippen molar-refractivity contribution in [3.8, 4) is 0 Å². The van der Waals surface area contributed by atoms with E-state index >= 15 is 0 Å². The van der Waals surface area contributed by atoms with E-state index < -0.39 is 0 Å². The SMILES string of the molecule is CC1CN(c2nc[nH]c(=O)c2I)CC(C)O1. The quantitative estimate of drug-likeness (QED) is 0.778. The van der Waals surface area contributed by atoms with Crippen LogP contribution in [0.2, 0.25) is 0 Å². The summed E-state index contributed by atoms with van der Waals surface area (Å²) in [6.45, 7) is 5.61. The summed E-state index contributed by atoms with van der Waals surface area (Å²) < 4.78 is 6.29. The van der Waals surface area contributed by atoms with Crippen molar-refractivity contribution >= 4 is 28.4 Å². The highest BCUT2D eigenvalue weighted by atomic mass is 127. The first kappa shape index (κ1) is 11.8. The zero-order valence-corrected chi connectivity index (χ0v) is 11.4. The van der Waals surface area contributed by atoms with E-state index in [1.165, 1.54) is 6.33 Å². The Morgan fingerprint density at radius 1 is 1.50 bits per heavy atom. The number of hydrogen-bond acceptors (Lipinski definition) is 4. The van der Waals surface area contributed by atoms with Gasteiger partial charge in [-0.15, -0.1) is 0 Å². The van der Waals surface area contributed by atoms with E-state index in [2.05, 4.69) is 14.9 Å². The van der Waals surface area contributed by atoms with Crippen molar-refractivity contribution in [2.45, 2.75) is 26.1 Å². The second kappa shape index (κ2) is 4.70. The third-order valence-electron chi connectivity index (χ3n) is 2.50. The molecule has 1 fully saturated rings. The Kier molecular flexibility index (Phi) is 3.48. The van der Waals surface area contributed by atoms with Gasteiger partial charge in [0.15, 0.2) is 0 Å². The molecule has 2 rings (SSSR count). The van der Waals surface area contributed by atoms with Crippen LogP contribution < -0.4 is 10.5 Å². The molecule has 1 N–H and O–H groups in total. The number of halogens is 1. The summed E-state index contributed by atoms with van der Waals surface area (Å²) in [5, 5.41) is 0. The largest absolute Gasteiger partial charge is 0.372 e. The molecular formula is C10H14IN3O2. The second-order valence-electron chi connectivity index (χ2n) is 4.03. The van der Waals surface area contributed by atoms with Crippen molar-refractivity contribution < 1.29 is 4.74 Å². The topological polar surface area (TPSA) is 58.2 Å². The Hall–Kier alpha value is -0.630. The number of nitrogens with zero attached hydrogens (tertiary/aromatic N) is 2. The average Bonchev–Trinajstić information content (AvgIpc) is 2.20. The van der Waals surface area contributed by atoms with E-state index in [0.717, 1.165) is 18.9 Å². The van der Waals surface area contributed by atoms with E-state index in [-0.39, 0.29) is 17.8 Å². The van der Waals surface area contributed by atoms with E-state index in [0.29, 0.717) is 3.57 Å². The minimum atomic E-state index is -0.0857. The number of aromatic amines is 1. The molecular weight excluding hydrogens is 321 g/mol. The Morgan fingerprint density at radius 3 is 2.75 bits per heavy atom. The fraction of sp³-hybridized carbons (Fsp3) is 0.600. The first-order valence-corrected chi connectivity index (χ1v) is 6.29. The third-order valence-corrected chi connectivity index (χ3v) is 3.47. The van der Waals surface area contributed by atoms with Crippen LogP contribution >= 0.6 is 22.6 Å². The Bertz CT molecular complexity index is 424. The van der Waals surface area contributed by atoms with Gasteiger partial charge in [-0.3, -0.25) is 4.79 Å². The highest BCUT2D eigenvalue weighted by Gasteiger charge is 2.25. The lowest BCUT2D eigenvalue weighted by molar-refractivity contribution is -0.00552. The molecule has 2 unspecified atom stereocenters. The number of aromatic nitrogens is 2. The number of rotatable bonds is 1. The summed E-state index contributed by atoms with van der Waals surface area (Å²) >= 11 is 2.03. The zero-order valence-electron chi connectivity index (χ0n) is 9.24. The van der Waals surface area contributed by atoms with Gasteiger partial charge in [-0.05, 0) is 36.4 Å². The van der Waals surface area contributed by atoms with Crippen molar-refractivity contribution in [3.05, 3.63) is 20.3 Å². The van der Waals surface area contributed by atoms with Gasteiger partial charge < -0.3 is 14.6 Å². The lowest BCUT2D eigenvalue weighted by atomic mass is 10.2. The molecule has 0 amide bonds. The van der Waals surface area contributed by atoms with Crippen molar-refractivity contribution in [2.24, 2.45) is 0 Å². The molecule has 1 aromatic rings. The molecule has 0 aromatic carbocycles. The van der Waals surface area contributed by atoms with Gasteiger partial charge in [0.1, 0.15) is 9.39 Å². The summed E-state index contributed by atoms with van der Waals surface area (Å²) in [4.78, 5) is 20.4. The molecule has 0 saturated carbocycles. The van der Waals surface area contributed by atoms with Crippen LogP contribution in [0.3, 0.4) is 0 Å². The number of hydrogen-bond donors (Lipinski definition) is 1. The molecule has 5 nitrogen and oxygen atoms in total. The maximum atomic E-state index is 11.5. The second-order valence-corrected chi connectivity index (χ2v) is 5.11. The van der Waals surface area contributed by atoms with Crippen LogP contribution in [0, 0.1) is 3.57 Å². The predicted octanol–water partition coefficient (Wildman–Crippen LogP) is 0.988. The van der Waals surface area contributed by atoms with Gasteiger partial charge >= 0.3 is 0 Å². The molecule has 1 aliphatic heterocycles. The van der Waals surface area contributed by atoms with Crippen LogP contribution in [0.25, 0.3) is 0 Å². The summed E-state index contributed by atoms with van der Waals surface area (Å²) in [7, 11) is 0. The molecule has 0 bridgehead atoms. The smallest absolute Gasteiger partial charge is 0.266 e. The lowest BCUT2D eigenvalue weighted by Gasteiger charge is -2.36. The minimum absolute atomic E-state index is 0.0857. The monoisotopic (exact) mass is 335 g/mol. The first-order chi connectivity index (χ1) is 7.58. The number of ether oxygens (including phenoxy) is 1. The summed E-state index contributed by atoms with van der Waals surface area (Å²) in [5.74, 6) is 0.756. The van der Waals surface area contributed by atoms with Crippen LogP contribution in [0.15, 0.2) is 11.1 Å². The maximum Gasteiger partial charge on any atom is 0.266 e. The van der Waals surface area contributed by atoms with Gasteiger partial charge in [0.25, 0.3) is 5.56 Å². The maximum absolute atomic E-state index is 11.5. The summed E-state index contributed by atoms with van der Waals surface area (Å²) in [5.41, 5.74) is -0.0857. The predicted molar refractivity (Wildman–Crippen MR) is 69.8 cm³/mol. The summed E-state index contributed by atoms with van der Waals surface area (Å²) in [6, 6.07) is 0. The molecule has 0 aliphatic carbocycles. The van der Waals surface area contributed by atoms with E-state index in [4.69, 9.17) is 4.74 Å². The number of H-pyrrole nitrogens is 1. The van der Waals surface area contributed by atoms with Crippen molar-refractivity contribution in [1.29, 1.82) is 0 Å². The number of anilines is 1. The van der Waals surface area contributed by atoms with Crippen molar-refractivity contribution in [1.82, 2.24) is 9.97 Å². The van der Waals surface area contributed by atoms with Gasteiger partial charge in [0, 0.05) is 13.1 Å². The van der Waals surface area contributed by atoms with Gasteiger partial charge in [-0.1, -0.05) is 0 Å². The normalized spacial score (nSPS) is 25.8. The number of morpholine rings is 1. The molecule has 0 spiro atoms. The molecule has 2 atom stereocenters. The van der Waals surface area contributed by atoms with Crippen molar-refractivity contribution in [2.75, 3.05) is 18.0 Å². The molecule has 2 heterocycles. The summed E-state index contributed by atoms with van der Waals surface area (Å²) in [6.07, 6.45) is 1.78. The first-order valence-electron chi connectivity index (χ1n) is 5.21. The molecule has 1 saturated heterocycles. The van der Waals surface area contributed by atoms with Crippen LogP contribution in [0.5, 0.6) is 0 Å². The van der Waals surface area contributed by atoms with E-state index in [1.54, 1.807) is 0 Å². The van der Waals surface area contributed by atoms with Gasteiger partial charge in [-0.2, -0.15) is 0 Å². The lowest BCUT2D eigenvalue weighted by Crippen LogP contribution is -2.46. The average molecular weight is 335 g/mol. The molecule has 1 aromatic heterocycles. The van der Waals surface area contributed by atoms with Crippen LogP contribution in [0.1, 0.15) is 13.8 Å². The molecule has 16 heavy (non-hydrogen) atoms. The zero-order chi connectivity index (χ0) is 11.7.